The van der Waals surface area contributed by atoms with Crippen LogP contribution in [0.4, 0.5) is 5.82 Å². The van der Waals surface area contributed by atoms with Gasteiger partial charge in [0.25, 0.3) is 0 Å². The highest BCUT2D eigenvalue weighted by atomic mass is 15.3. The molecular formula is C14H25N3. The second-order valence-corrected chi connectivity index (χ2v) is 5.95. The molecule has 0 aliphatic heterocycles. The van der Waals surface area contributed by atoms with Crippen LogP contribution in [-0.2, 0) is 7.05 Å². The van der Waals surface area contributed by atoms with Crippen LogP contribution in [-0.4, -0.2) is 15.8 Å². The van der Waals surface area contributed by atoms with Gasteiger partial charge in [0.05, 0.1) is 0 Å². The Kier molecular flexibility index (Phi) is 3.75. The molecular weight excluding hydrogens is 210 g/mol. The van der Waals surface area contributed by atoms with Crippen molar-refractivity contribution in [2.45, 2.75) is 46.1 Å². The van der Waals surface area contributed by atoms with E-state index in [4.69, 9.17) is 0 Å². The highest BCUT2D eigenvalue weighted by molar-refractivity contribution is 5.34. The van der Waals surface area contributed by atoms with Crippen LogP contribution in [0.1, 0.15) is 40.0 Å². The molecule has 1 N–H and O–H groups in total. The summed E-state index contributed by atoms with van der Waals surface area (Å²) in [5.41, 5.74) is 0. The Labute approximate surface area is 105 Å². The maximum atomic E-state index is 4.43. The van der Waals surface area contributed by atoms with E-state index in [0.29, 0.717) is 6.04 Å². The zero-order valence-corrected chi connectivity index (χ0v) is 11.5. The van der Waals surface area contributed by atoms with Crippen molar-refractivity contribution in [1.82, 2.24) is 9.78 Å². The molecule has 3 unspecified atom stereocenters. The summed E-state index contributed by atoms with van der Waals surface area (Å²) in [5.74, 6) is 3.40. The van der Waals surface area contributed by atoms with Gasteiger partial charge in [-0.3, -0.25) is 4.68 Å². The van der Waals surface area contributed by atoms with Gasteiger partial charge >= 0.3 is 0 Å². The molecule has 0 bridgehead atoms. The van der Waals surface area contributed by atoms with Crippen molar-refractivity contribution in [2.75, 3.05) is 5.32 Å². The molecule has 1 aliphatic rings. The summed E-state index contributed by atoms with van der Waals surface area (Å²) >= 11 is 0. The van der Waals surface area contributed by atoms with E-state index in [0.717, 1.165) is 23.6 Å². The second kappa shape index (κ2) is 5.11. The number of hydrogen-bond donors (Lipinski definition) is 1. The summed E-state index contributed by atoms with van der Waals surface area (Å²) in [6, 6.07) is 2.66. The Morgan fingerprint density at radius 2 is 2.18 bits per heavy atom. The lowest BCUT2D eigenvalue weighted by Crippen LogP contribution is -2.37. The Hall–Kier alpha value is -0.990. The van der Waals surface area contributed by atoms with Crippen LogP contribution in [0.25, 0.3) is 0 Å². The zero-order chi connectivity index (χ0) is 12.4. The summed E-state index contributed by atoms with van der Waals surface area (Å²) in [6.07, 6.45) is 6.00. The smallest absolute Gasteiger partial charge is 0.148 e. The molecule has 3 nitrogen and oxygen atoms in total. The molecule has 1 aliphatic carbocycles. The van der Waals surface area contributed by atoms with Gasteiger partial charge in [-0.2, -0.15) is 5.10 Å². The van der Waals surface area contributed by atoms with Crippen molar-refractivity contribution in [3.05, 3.63) is 12.3 Å². The van der Waals surface area contributed by atoms with Crippen molar-refractivity contribution >= 4 is 5.82 Å². The van der Waals surface area contributed by atoms with Crippen LogP contribution in [0.2, 0.25) is 0 Å². The first-order chi connectivity index (χ1) is 8.06. The van der Waals surface area contributed by atoms with Gasteiger partial charge in [0.2, 0.25) is 0 Å². The first-order valence-corrected chi connectivity index (χ1v) is 6.82. The van der Waals surface area contributed by atoms with Crippen molar-refractivity contribution in [1.29, 1.82) is 0 Å². The third-order valence-electron chi connectivity index (χ3n) is 4.07. The number of rotatable bonds is 3. The number of aromatic nitrogens is 2. The molecule has 1 saturated carbocycles. The van der Waals surface area contributed by atoms with Gasteiger partial charge < -0.3 is 5.32 Å². The first-order valence-electron chi connectivity index (χ1n) is 6.82. The summed E-state index contributed by atoms with van der Waals surface area (Å²) in [6.45, 7) is 7.05. The molecule has 17 heavy (non-hydrogen) atoms. The minimum absolute atomic E-state index is 0.591. The van der Waals surface area contributed by atoms with Crippen LogP contribution >= 0.6 is 0 Å². The molecule has 0 radical (unpaired) electrons. The quantitative estimate of drug-likeness (QED) is 0.871. The zero-order valence-electron chi connectivity index (χ0n) is 11.5. The normalized spacial score (nSPS) is 29.6. The fourth-order valence-corrected chi connectivity index (χ4v) is 3.05. The number of aryl methyl sites for hydroxylation is 1. The first kappa shape index (κ1) is 12.5. The number of nitrogens with one attached hydrogen (secondary N) is 1. The van der Waals surface area contributed by atoms with E-state index < -0.39 is 0 Å². The van der Waals surface area contributed by atoms with E-state index in [9.17, 15) is 0 Å². The highest BCUT2D eigenvalue weighted by Crippen LogP contribution is 2.34. The molecule has 0 aromatic carbocycles. The summed E-state index contributed by atoms with van der Waals surface area (Å²) in [7, 11) is 1.97. The van der Waals surface area contributed by atoms with Gasteiger partial charge in [-0.05, 0) is 30.6 Å². The average Bonchev–Trinajstić information content (AvgIpc) is 2.63. The predicted octanol–water partition coefficient (Wildman–Crippen LogP) is 3.29. The SMILES string of the molecule is CC1CCC(C(C)C)C(Nc2ccn(C)n2)C1. The standard InChI is InChI=1S/C14H25N3/c1-10(2)12-6-5-11(3)9-13(12)15-14-7-8-17(4)16-14/h7-8,10-13H,5-6,9H2,1-4H3,(H,15,16). The molecule has 0 saturated heterocycles. The third kappa shape index (κ3) is 3.02. The molecule has 96 valence electrons. The maximum Gasteiger partial charge on any atom is 0.148 e. The molecule has 0 amide bonds. The monoisotopic (exact) mass is 235 g/mol. The Bertz CT molecular complexity index is 356. The largest absolute Gasteiger partial charge is 0.366 e. The van der Waals surface area contributed by atoms with Crippen LogP contribution in [0.15, 0.2) is 12.3 Å². The Morgan fingerprint density at radius 3 is 2.76 bits per heavy atom. The summed E-state index contributed by atoms with van der Waals surface area (Å²) < 4.78 is 1.86. The van der Waals surface area contributed by atoms with E-state index in [2.05, 4.69) is 37.3 Å². The fourth-order valence-electron chi connectivity index (χ4n) is 3.05. The molecule has 1 fully saturated rings. The van der Waals surface area contributed by atoms with Crippen LogP contribution < -0.4 is 5.32 Å². The minimum atomic E-state index is 0.591. The van der Waals surface area contributed by atoms with E-state index >= 15 is 0 Å². The summed E-state index contributed by atoms with van der Waals surface area (Å²) in [4.78, 5) is 0. The van der Waals surface area contributed by atoms with E-state index in [1.54, 1.807) is 0 Å². The average molecular weight is 235 g/mol. The van der Waals surface area contributed by atoms with Gasteiger partial charge in [-0.25, -0.2) is 0 Å². The molecule has 0 spiro atoms. The van der Waals surface area contributed by atoms with Gasteiger partial charge in [0.1, 0.15) is 5.82 Å². The Morgan fingerprint density at radius 1 is 1.41 bits per heavy atom. The molecule has 1 aromatic rings. The van der Waals surface area contributed by atoms with E-state index in [1.165, 1.54) is 19.3 Å². The topological polar surface area (TPSA) is 29.9 Å². The maximum absolute atomic E-state index is 4.43. The number of nitrogens with zero attached hydrogens (tertiary/aromatic N) is 2. The van der Waals surface area contributed by atoms with Crippen molar-refractivity contribution in [3.8, 4) is 0 Å². The van der Waals surface area contributed by atoms with Crippen LogP contribution in [0, 0.1) is 17.8 Å². The molecule has 2 rings (SSSR count). The van der Waals surface area contributed by atoms with Crippen molar-refractivity contribution in [2.24, 2.45) is 24.8 Å². The lowest BCUT2D eigenvalue weighted by molar-refractivity contribution is 0.211. The molecule has 3 atom stereocenters. The highest BCUT2D eigenvalue weighted by Gasteiger charge is 2.30. The lowest BCUT2D eigenvalue weighted by atomic mass is 9.74. The lowest BCUT2D eigenvalue weighted by Gasteiger charge is -2.37. The van der Waals surface area contributed by atoms with Gasteiger partial charge in [-0.15, -0.1) is 0 Å². The molecule has 1 heterocycles. The van der Waals surface area contributed by atoms with Gasteiger partial charge in [0, 0.05) is 25.4 Å². The van der Waals surface area contributed by atoms with Crippen LogP contribution in [0.3, 0.4) is 0 Å². The van der Waals surface area contributed by atoms with Crippen LogP contribution in [0.5, 0.6) is 0 Å². The second-order valence-electron chi connectivity index (χ2n) is 5.95. The minimum Gasteiger partial charge on any atom is -0.366 e. The third-order valence-corrected chi connectivity index (χ3v) is 4.07. The number of anilines is 1. The van der Waals surface area contributed by atoms with Crippen molar-refractivity contribution in [3.63, 3.8) is 0 Å². The Balaban J connectivity index is 2.04. The van der Waals surface area contributed by atoms with Gasteiger partial charge in [-0.1, -0.05) is 27.2 Å². The molecule has 3 heteroatoms. The van der Waals surface area contributed by atoms with Crippen molar-refractivity contribution < 1.29 is 0 Å². The molecule has 1 aromatic heterocycles. The van der Waals surface area contributed by atoms with E-state index in [1.807, 2.05) is 17.9 Å². The van der Waals surface area contributed by atoms with E-state index in [-0.39, 0.29) is 0 Å². The van der Waals surface area contributed by atoms with Gasteiger partial charge in [0.15, 0.2) is 0 Å². The number of hydrogen-bond acceptors (Lipinski definition) is 2. The summed E-state index contributed by atoms with van der Waals surface area (Å²) in [5, 5.41) is 8.06. The fraction of sp³-hybridized carbons (Fsp3) is 0.786. The predicted molar refractivity (Wildman–Crippen MR) is 72.0 cm³/mol.